The van der Waals surface area contributed by atoms with Gasteiger partial charge in [-0.05, 0) is 18.1 Å². The van der Waals surface area contributed by atoms with E-state index >= 15 is 0 Å². The van der Waals surface area contributed by atoms with Crippen molar-refractivity contribution in [3.8, 4) is 11.5 Å². The molecule has 20 heavy (non-hydrogen) atoms. The Labute approximate surface area is 130 Å². The van der Waals surface area contributed by atoms with Gasteiger partial charge in [0, 0.05) is 11.6 Å². The van der Waals surface area contributed by atoms with Gasteiger partial charge >= 0.3 is 0 Å². The highest BCUT2D eigenvalue weighted by molar-refractivity contribution is 7.09. The van der Waals surface area contributed by atoms with Crippen LogP contribution >= 0.6 is 11.3 Å². The van der Waals surface area contributed by atoms with Crippen molar-refractivity contribution in [1.82, 2.24) is 4.98 Å². The largest absolute Gasteiger partial charge is 0.398 e. The molecule has 0 aliphatic carbocycles. The monoisotopic (exact) mass is 325 g/mol. The minimum absolute atomic E-state index is 0.164. The number of nitrogens with zero attached hydrogens (tertiary/aromatic N) is 1. The van der Waals surface area contributed by atoms with E-state index in [1.165, 1.54) is 0 Å². The molecule has 2 nitrogen and oxygen atoms in total. The lowest BCUT2D eigenvalue weighted by Crippen LogP contribution is -2.41. The van der Waals surface area contributed by atoms with Crippen molar-refractivity contribution >= 4 is 27.7 Å². The molecule has 1 unspecified atom stereocenters. The topological polar surface area (TPSA) is 22.1 Å². The lowest BCUT2D eigenvalue weighted by molar-refractivity contribution is 0.238. The number of hydrogen-bond donors (Lipinski definition) is 0. The molecule has 0 saturated carbocycles. The first-order valence-corrected chi connectivity index (χ1v) is 14.3. The molecule has 0 aliphatic heterocycles. The van der Waals surface area contributed by atoms with E-state index in [-0.39, 0.29) is 11.1 Å². The Morgan fingerprint density at radius 1 is 1.20 bits per heavy atom. The van der Waals surface area contributed by atoms with E-state index in [4.69, 9.17) is 4.43 Å². The van der Waals surface area contributed by atoms with E-state index in [1.807, 2.05) is 11.6 Å². The van der Waals surface area contributed by atoms with Gasteiger partial charge in [-0.25, -0.2) is 4.98 Å². The minimum Gasteiger partial charge on any atom is -0.398 e. The average molecular weight is 326 g/mol. The summed E-state index contributed by atoms with van der Waals surface area (Å²) in [6.45, 7) is 18.1. The summed E-state index contributed by atoms with van der Waals surface area (Å²) in [4.78, 5) is 4.41. The number of thiazole rings is 1. The summed E-state index contributed by atoms with van der Waals surface area (Å²) in [5.74, 6) is 3.36. The van der Waals surface area contributed by atoms with Crippen molar-refractivity contribution in [2.24, 2.45) is 0 Å². The number of aromatic nitrogens is 1. The molecule has 1 aromatic heterocycles. The predicted molar refractivity (Wildman–Crippen MR) is 94.3 cm³/mol. The lowest BCUT2D eigenvalue weighted by Gasteiger charge is -2.37. The molecule has 0 spiro atoms. The molecule has 0 bridgehead atoms. The molecule has 0 amide bonds. The molecule has 1 heterocycles. The maximum Gasteiger partial charge on any atom is 0.194 e. The van der Waals surface area contributed by atoms with E-state index in [1.54, 1.807) is 11.3 Å². The highest BCUT2D eigenvalue weighted by atomic mass is 32.1. The summed E-state index contributed by atoms with van der Waals surface area (Å²) in [5, 5.41) is 3.16. The summed E-state index contributed by atoms with van der Waals surface area (Å²) in [7, 11) is -3.24. The van der Waals surface area contributed by atoms with Gasteiger partial charge in [0.2, 0.25) is 0 Å². The van der Waals surface area contributed by atoms with E-state index in [2.05, 4.69) is 70.0 Å². The van der Waals surface area contributed by atoms with Crippen molar-refractivity contribution < 1.29 is 4.43 Å². The second kappa shape index (κ2) is 6.14. The van der Waals surface area contributed by atoms with Crippen LogP contribution < -0.4 is 0 Å². The van der Waals surface area contributed by atoms with Crippen LogP contribution in [0.1, 0.15) is 31.9 Å². The zero-order valence-electron chi connectivity index (χ0n) is 14.0. The minimum atomic E-state index is -1.84. The van der Waals surface area contributed by atoms with Gasteiger partial charge < -0.3 is 4.43 Å². The molecular formula is C15H27NOSSi2. The van der Waals surface area contributed by atoms with Crippen molar-refractivity contribution in [3.05, 3.63) is 16.6 Å². The van der Waals surface area contributed by atoms with Crippen LogP contribution in [0.2, 0.25) is 37.8 Å². The molecule has 0 N–H and O–H groups in total. The first kappa shape index (κ1) is 17.6. The Hall–Kier alpha value is -0.416. The van der Waals surface area contributed by atoms with E-state index < -0.39 is 16.4 Å². The highest BCUT2D eigenvalue weighted by Gasteiger charge is 2.39. The van der Waals surface area contributed by atoms with Crippen LogP contribution in [0.3, 0.4) is 0 Å². The van der Waals surface area contributed by atoms with Gasteiger partial charge in [-0.1, -0.05) is 46.3 Å². The molecular weight excluding hydrogens is 298 g/mol. The van der Waals surface area contributed by atoms with Gasteiger partial charge in [-0.2, -0.15) is 0 Å². The third-order valence-electron chi connectivity index (χ3n) is 3.47. The van der Waals surface area contributed by atoms with Gasteiger partial charge in [-0.3, -0.25) is 0 Å². The zero-order chi connectivity index (χ0) is 15.6. The molecule has 5 heteroatoms. The Balaban J connectivity index is 3.05. The molecule has 0 aliphatic rings. The van der Waals surface area contributed by atoms with E-state index in [0.717, 1.165) is 5.01 Å². The smallest absolute Gasteiger partial charge is 0.194 e. The predicted octanol–water partition coefficient (Wildman–Crippen LogP) is 5.09. The fourth-order valence-electron chi connectivity index (χ4n) is 1.26. The second-order valence-corrected chi connectivity index (χ2v) is 18.1. The highest BCUT2D eigenvalue weighted by Crippen LogP contribution is 2.39. The average Bonchev–Trinajstić information content (AvgIpc) is 2.74. The maximum atomic E-state index is 6.48. The van der Waals surface area contributed by atoms with E-state index in [0.29, 0.717) is 0 Å². The fourth-order valence-corrected chi connectivity index (χ4v) is 3.64. The summed E-state index contributed by atoms with van der Waals surface area (Å²) < 4.78 is 6.48. The number of rotatable bonds is 3. The lowest BCUT2D eigenvalue weighted by atomic mass is 10.2. The van der Waals surface area contributed by atoms with Crippen LogP contribution in [-0.2, 0) is 4.43 Å². The normalized spacial score (nSPS) is 14.6. The molecule has 112 valence electrons. The molecule has 1 aromatic rings. The van der Waals surface area contributed by atoms with Crippen molar-refractivity contribution in [2.45, 2.75) is 64.6 Å². The molecule has 0 aromatic carbocycles. The van der Waals surface area contributed by atoms with Gasteiger partial charge in [0.15, 0.2) is 14.4 Å². The first-order chi connectivity index (χ1) is 8.92. The standard InChI is InChI=1S/C15H27NOSSi2/c1-15(2,3)20(7,8)17-13(9-12-19(4,5)6)14-16-10-11-18-14/h10-11,13H,1-8H3. The van der Waals surface area contributed by atoms with Gasteiger partial charge in [-0.15, -0.1) is 16.9 Å². The maximum absolute atomic E-state index is 6.48. The van der Waals surface area contributed by atoms with Crippen LogP contribution in [0.25, 0.3) is 0 Å². The Morgan fingerprint density at radius 3 is 2.20 bits per heavy atom. The SMILES string of the molecule is CC(C)(C)[Si](C)(C)OC(C#C[Si](C)(C)C)c1nccs1. The van der Waals surface area contributed by atoms with Crippen LogP contribution in [-0.4, -0.2) is 21.4 Å². The summed E-state index contributed by atoms with van der Waals surface area (Å²) in [6, 6.07) is 0. The summed E-state index contributed by atoms with van der Waals surface area (Å²) in [6.07, 6.45) is 1.67. The van der Waals surface area contributed by atoms with Crippen LogP contribution in [0.4, 0.5) is 0 Å². The van der Waals surface area contributed by atoms with Crippen molar-refractivity contribution in [1.29, 1.82) is 0 Å². The van der Waals surface area contributed by atoms with Gasteiger partial charge in [0.25, 0.3) is 0 Å². The Kier molecular flexibility index (Phi) is 5.42. The van der Waals surface area contributed by atoms with E-state index in [9.17, 15) is 0 Å². The number of hydrogen-bond acceptors (Lipinski definition) is 3. The van der Waals surface area contributed by atoms with Crippen LogP contribution in [0.15, 0.2) is 11.6 Å². The van der Waals surface area contributed by atoms with Gasteiger partial charge in [0.05, 0.1) is 0 Å². The molecule has 0 saturated heterocycles. The molecule has 0 radical (unpaired) electrons. The summed E-state index contributed by atoms with van der Waals surface area (Å²) >= 11 is 1.63. The van der Waals surface area contributed by atoms with Gasteiger partial charge in [0.1, 0.15) is 13.1 Å². The van der Waals surface area contributed by atoms with Crippen LogP contribution in [0.5, 0.6) is 0 Å². The first-order valence-electron chi connectivity index (χ1n) is 7.02. The Morgan fingerprint density at radius 2 is 1.80 bits per heavy atom. The van der Waals surface area contributed by atoms with Crippen molar-refractivity contribution in [2.75, 3.05) is 0 Å². The molecule has 1 atom stereocenters. The second-order valence-electron chi connectivity index (χ2n) is 7.65. The van der Waals surface area contributed by atoms with Crippen LogP contribution in [0, 0.1) is 11.5 Å². The summed E-state index contributed by atoms with van der Waals surface area (Å²) in [5.41, 5.74) is 3.44. The third kappa shape index (κ3) is 5.17. The quantitative estimate of drug-likeness (QED) is 0.570. The third-order valence-corrected chi connectivity index (χ3v) is 9.62. The molecule has 0 fully saturated rings. The Bertz CT molecular complexity index is 487. The van der Waals surface area contributed by atoms with Crippen molar-refractivity contribution in [3.63, 3.8) is 0 Å². The zero-order valence-corrected chi connectivity index (χ0v) is 16.8. The fraction of sp³-hybridized carbons (Fsp3) is 0.667. The molecule has 1 rings (SSSR count).